The first-order valence-electron chi connectivity index (χ1n) is 5.91. The molecule has 5 heteroatoms. The number of rotatable bonds is 4. The fourth-order valence-corrected chi connectivity index (χ4v) is 1.98. The van der Waals surface area contributed by atoms with Gasteiger partial charge in [0.1, 0.15) is 16.8 Å². The van der Waals surface area contributed by atoms with Crippen LogP contribution in [0, 0.1) is 18.3 Å². The first-order chi connectivity index (χ1) is 9.17. The summed E-state index contributed by atoms with van der Waals surface area (Å²) in [7, 11) is 0. The Kier molecular flexibility index (Phi) is 4.32. The van der Waals surface area contributed by atoms with Crippen molar-refractivity contribution >= 4 is 17.4 Å². The highest BCUT2D eigenvalue weighted by atomic mass is 35.5. The van der Waals surface area contributed by atoms with Gasteiger partial charge in [-0.2, -0.15) is 5.26 Å². The SMILES string of the molecule is Cc1nc(Cl)cc(NCCc2cccc(C#N)c2)n1. The fourth-order valence-electron chi connectivity index (χ4n) is 1.75. The van der Waals surface area contributed by atoms with E-state index in [-0.39, 0.29) is 0 Å². The number of hydrogen-bond acceptors (Lipinski definition) is 4. The molecule has 0 amide bonds. The van der Waals surface area contributed by atoms with Crippen LogP contribution in [0.4, 0.5) is 5.82 Å². The zero-order chi connectivity index (χ0) is 13.7. The van der Waals surface area contributed by atoms with E-state index in [9.17, 15) is 0 Å². The molecule has 19 heavy (non-hydrogen) atoms. The van der Waals surface area contributed by atoms with Crippen LogP contribution in [0.15, 0.2) is 30.3 Å². The molecule has 0 aliphatic carbocycles. The summed E-state index contributed by atoms with van der Waals surface area (Å²) < 4.78 is 0. The van der Waals surface area contributed by atoms with E-state index in [0.717, 1.165) is 18.5 Å². The van der Waals surface area contributed by atoms with Crippen LogP contribution in [-0.4, -0.2) is 16.5 Å². The summed E-state index contributed by atoms with van der Waals surface area (Å²) >= 11 is 5.86. The maximum absolute atomic E-state index is 8.83. The molecule has 1 aromatic heterocycles. The lowest BCUT2D eigenvalue weighted by atomic mass is 10.1. The van der Waals surface area contributed by atoms with Gasteiger partial charge in [0.2, 0.25) is 0 Å². The smallest absolute Gasteiger partial charge is 0.134 e. The monoisotopic (exact) mass is 272 g/mol. The van der Waals surface area contributed by atoms with E-state index in [0.29, 0.717) is 22.4 Å². The summed E-state index contributed by atoms with van der Waals surface area (Å²) in [5.74, 6) is 1.36. The van der Waals surface area contributed by atoms with E-state index in [4.69, 9.17) is 16.9 Å². The molecular weight excluding hydrogens is 260 g/mol. The number of nitriles is 1. The van der Waals surface area contributed by atoms with E-state index in [1.807, 2.05) is 18.2 Å². The largest absolute Gasteiger partial charge is 0.370 e. The van der Waals surface area contributed by atoms with Crippen molar-refractivity contribution in [2.75, 3.05) is 11.9 Å². The molecule has 0 fully saturated rings. The standard InChI is InChI=1S/C14H13ClN4/c1-10-18-13(15)8-14(19-10)17-6-5-11-3-2-4-12(7-11)9-16/h2-4,7-8H,5-6H2,1H3,(H,17,18,19). The summed E-state index contributed by atoms with van der Waals surface area (Å²) in [4.78, 5) is 8.24. The predicted octanol–water partition coefficient (Wildman–Crippen LogP) is 2.96. The second-order valence-electron chi connectivity index (χ2n) is 4.11. The second kappa shape index (κ2) is 6.17. The summed E-state index contributed by atoms with van der Waals surface area (Å²) in [6, 6.07) is 11.4. The van der Waals surface area contributed by atoms with Crippen LogP contribution < -0.4 is 5.32 Å². The van der Waals surface area contributed by atoms with Gasteiger partial charge in [-0.15, -0.1) is 0 Å². The van der Waals surface area contributed by atoms with E-state index in [1.165, 1.54) is 0 Å². The Bertz CT molecular complexity index is 599. The van der Waals surface area contributed by atoms with Crippen LogP contribution in [0.1, 0.15) is 17.0 Å². The van der Waals surface area contributed by atoms with Gasteiger partial charge >= 0.3 is 0 Å². The molecule has 0 saturated heterocycles. The van der Waals surface area contributed by atoms with Crippen molar-refractivity contribution in [2.24, 2.45) is 0 Å². The van der Waals surface area contributed by atoms with Gasteiger partial charge in [-0.1, -0.05) is 23.7 Å². The lowest BCUT2D eigenvalue weighted by molar-refractivity contribution is 0.981. The number of aryl methyl sites for hydroxylation is 1. The minimum Gasteiger partial charge on any atom is -0.370 e. The van der Waals surface area contributed by atoms with Crippen molar-refractivity contribution in [3.05, 3.63) is 52.4 Å². The molecular formula is C14H13ClN4. The number of nitrogens with zero attached hydrogens (tertiary/aromatic N) is 3. The molecule has 0 saturated carbocycles. The van der Waals surface area contributed by atoms with Crippen molar-refractivity contribution in [3.63, 3.8) is 0 Å². The van der Waals surface area contributed by atoms with E-state index in [2.05, 4.69) is 21.4 Å². The fraction of sp³-hybridized carbons (Fsp3) is 0.214. The minimum atomic E-state index is 0.432. The van der Waals surface area contributed by atoms with E-state index < -0.39 is 0 Å². The molecule has 2 rings (SSSR count). The molecule has 2 aromatic rings. The topological polar surface area (TPSA) is 61.6 Å². The average molecular weight is 273 g/mol. The zero-order valence-electron chi connectivity index (χ0n) is 10.5. The third-order valence-corrected chi connectivity index (χ3v) is 2.78. The van der Waals surface area contributed by atoms with Crippen molar-refractivity contribution < 1.29 is 0 Å². The number of halogens is 1. The molecule has 0 unspecified atom stereocenters. The molecule has 96 valence electrons. The van der Waals surface area contributed by atoms with E-state index >= 15 is 0 Å². The highest BCUT2D eigenvalue weighted by Crippen LogP contribution is 2.11. The molecule has 1 aromatic carbocycles. The van der Waals surface area contributed by atoms with Crippen LogP contribution in [-0.2, 0) is 6.42 Å². The molecule has 4 nitrogen and oxygen atoms in total. The number of nitrogens with one attached hydrogen (secondary N) is 1. The van der Waals surface area contributed by atoms with Crippen molar-refractivity contribution in [1.29, 1.82) is 5.26 Å². The van der Waals surface area contributed by atoms with Gasteiger partial charge in [0, 0.05) is 12.6 Å². The summed E-state index contributed by atoms with van der Waals surface area (Å²) in [5.41, 5.74) is 1.79. The lowest BCUT2D eigenvalue weighted by Gasteiger charge is -2.06. The molecule has 0 aliphatic heterocycles. The van der Waals surface area contributed by atoms with Crippen LogP contribution in [0.2, 0.25) is 5.15 Å². The number of hydrogen-bond donors (Lipinski definition) is 1. The van der Waals surface area contributed by atoms with Crippen LogP contribution in [0.3, 0.4) is 0 Å². The maximum atomic E-state index is 8.83. The molecule has 0 bridgehead atoms. The lowest BCUT2D eigenvalue weighted by Crippen LogP contribution is -2.07. The van der Waals surface area contributed by atoms with E-state index in [1.54, 1.807) is 19.1 Å². The first kappa shape index (κ1) is 13.3. The molecule has 1 N–H and O–H groups in total. The Balaban J connectivity index is 1.94. The highest BCUT2D eigenvalue weighted by molar-refractivity contribution is 6.29. The van der Waals surface area contributed by atoms with Gasteiger partial charge in [-0.05, 0) is 31.0 Å². The van der Waals surface area contributed by atoms with Gasteiger partial charge in [0.15, 0.2) is 0 Å². The Morgan fingerprint density at radius 1 is 1.32 bits per heavy atom. The third kappa shape index (κ3) is 3.94. The molecule has 0 spiro atoms. The van der Waals surface area contributed by atoms with Gasteiger partial charge in [0.05, 0.1) is 11.6 Å². The Hall–Kier alpha value is -2.12. The summed E-state index contributed by atoms with van der Waals surface area (Å²) in [6.07, 6.45) is 0.816. The highest BCUT2D eigenvalue weighted by Gasteiger charge is 2.00. The van der Waals surface area contributed by atoms with Crippen molar-refractivity contribution in [3.8, 4) is 6.07 Å². The molecule has 0 aliphatic rings. The van der Waals surface area contributed by atoms with Crippen LogP contribution in [0.5, 0.6) is 0 Å². The summed E-state index contributed by atoms with van der Waals surface area (Å²) in [5, 5.41) is 12.5. The first-order valence-corrected chi connectivity index (χ1v) is 6.29. The van der Waals surface area contributed by atoms with Crippen LogP contribution in [0.25, 0.3) is 0 Å². The maximum Gasteiger partial charge on any atom is 0.134 e. The average Bonchev–Trinajstić information content (AvgIpc) is 2.38. The van der Waals surface area contributed by atoms with Gasteiger partial charge in [-0.25, -0.2) is 9.97 Å². The summed E-state index contributed by atoms with van der Waals surface area (Å²) in [6.45, 7) is 2.52. The Labute approximate surface area is 117 Å². The minimum absolute atomic E-state index is 0.432. The third-order valence-electron chi connectivity index (χ3n) is 2.58. The second-order valence-corrected chi connectivity index (χ2v) is 4.50. The zero-order valence-corrected chi connectivity index (χ0v) is 11.3. The number of benzene rings is 1. The normalized spacial score (nSPS) is 9.95. The van der Waals surface area contributed by atoms with Gasteiger partial charge < -0.3 is 5.32 Å². The quantitative estimate of drug-likeness (QED) is 0.869. The number of aromatic nitrogens is 2. The van der Waals surface area contributed by atoms with Gasteiger partial charge in [0.25, 0.3) is 0 Å². The Morgan fingerprint density at radius 2 is 2.16 bits per heavy atom. The van der Waals surface area contributed by atoms with Gasteiger partial charge in [-0.3, -0.25) is 0 Å². The van der Waals surface area contributed by atoms with Crippen LogP contribution >= 0.6 is 11.6 Å². The van der Waals surface area contributed by atoms with Crippen molar-refractivity contribution in [2.45, 2.75) is 13.3 Å². The predicted molar refractivity (Wildman–Crippen MR) is 75.1 cm³/mol. The molecule has 1 heterocycles. The Morgan fingerprint density at radius 3 is 2.89 bits per heavy atom. The molecule has 0 radical (unpaired) electrons. The molecule has 0 atom stereocenters. The number of anilines is 1. The van der Waals surface area contributed by atoms with Crippen molar-refractivity contribution in [1.82, 2.24) is 9.97 Å².